The van der Waals surface area contributed by atoms with Crippen molar-refractivity contribution in [2.75, 3.05) is 36.5 Å². The third-order valence-corrected chi connectivity index (χ3v) is 5.17. The summed E-state index contributed by atoms with van der Waals surface area (Å²) in [6, 6.07) is 17.3. The fourth-order valence-electron chi connectivity index (χ4n) is 3.28. The molecule has 0 aliphatic carbocycles. The number of aromatic nitrogens is 2. The molecule has 0 unspecified atom stereocenters. The molecule has 4 rings (SSSR count). The number of hydrogen-bond donors (Lipinski definition) is 1. The van der Waals surface area contributed by atoms with E-state index in [1.807, 2.05) is 55.5 Å². The van der Waals surface area contributed by atoms with E-state index >= 15 is 0 Å². The van der Waals surface area contributed by atoms with Gasteiger partial charge in [0.15, 0.2) is 5.82 Å². The Labute approximate surface area is 170 Å². The quantitative estimate of drug-likeness (QED) is 0.735. The van der Waals surface area contributed by atoms with Gasteiger partial charge in [-0.3, -0.25) is 4.79 Å². The van der Waals surface area contributed by atoms with E-state index in [0.29, 0.717) is 18.8 Å². The third-order valence-electron chi connectivity index (χ3n) is 5.17. The maximum Gasteiger partial charge on any atom is 0.255 e. The summed E-state index contributed by atoms with van der Waals surface area (Å²) in [4.78, 5) is 14.8. The van der Waals surface area contributed by atoms with Gasteiger partial charge < -0.3 is 15.0 Å². The van der Waals surface area contributed by atoms with E-state index in [0.717, 1.165) is 41.4 Å². The predicted molar refractivity (Wildman–Crippen MR) is 114 cm³/mol. The molecule has 6 heteroatoms. The summed E-state index contributed by atoms with van der Waals surface area (Å²) in [5.74, 6) is 0.702. The van der Waals surface area contributed by atoms with Crippen LogP contribution in [0.5, 0.6) is 0 Å². The SMILES string of the molecule is Cc1ccc(NC(=O)c2cccc(-c3ccc(N4CCOCC4)nn3)c2)cc1C. The normalized spacial score (nSPS) is 13.9. The summed E-state index contributed by atoms with van der Waals surface area (Å²) in [5, 5.41) is 11.7. The Balaban J connectivity index is 1.50. The minimum absolute atomic E-state index is 0.145. The van der Waals surface area contributed by atoms with E-state index < -0.39 is 0 Å². The Morgan fingerprint density at radius 3 is 2.52 bits per heavy atom. The van der Waals surface area contributed by atoms with Crippen molar-refractivity contribution in [3.8, 4) is 11.3 Å². The molecule has 1 amide bonds. The Bertz CT molecular complexity index is 1010. The van der Waals surface area contributed by atoms with Gasteiger partial charge in [0, 0.05) is 29.9 Å². The van der Waals surface area contributed by atoms with E-state index in [4.69, 9.17) is 4.74 Å². The first-order valence-corrected chi connectivity index (χ1v) is 9.75. The molecule has 0 saturated carbocycles. The number of nitrogens with one attached hydrogen (secondary N) is 1. The molecule has 3 aromatic rings. The van der Waals surface area contributed by atoms with Crippen LogP contribution in [0.2, 0.25) is 0 Å². The zero-order valence-corrected chi connectivity index (χ0v) is 16.7. The molecule has 0 spiro atoms. The summed E-state index contributed by atoms with van der Waals surface area (Å²) >= 11 is 0. The number of aryl methyl sites for hydroxylation is 2. The lowest BCUT2D eigenvalue weighted by Gasteiger charge is -2.27. The number of nitrogens with zero attached hydrogens (tertiary/aromatic N) is 3. The molecule has 1 aromatic heterocycles. The molecular weight excluding hydrogens is 364 g/mol. The lowest BCUT2D eigenvalue weighted by atomic mass is 10.1. The fourth-order valence-corrected chi connectivity index (χ4v) is 3.28. The molecule has 1 N–H and O–H groups in total. The van der Waals surface area contributed by atoms with Gasteiger partial charge in [0.05, 0.1) is 18.9 Å². The van der Waals surface area contributed by atoms with Crippen LogP contribution >= 0.6 is 0 Å². The predicted octanol–water partition coefficient (Wildman–Crippen LogP) is 3.85. The number of rotatable bonds is 4. The molecule has 6 nitrogen and oxygen atoms in total. The van der Waals surface area contributed by atoms with Crippen molar-refractivity contribution in [3.05, 3.63) is 71.3 Å². The summed E-state index contributed by atoms with van der Waals surface area (Å²) in [7, 11) is 0. The topological polar surface area (TPSA) is 67.4 Å². The van der Waals surface area contributed by atoms with Gasteiger partial charge in [-0.25, -0.2) is 0 Å². The Kier molecular flexibility index (Phi) is 5.53. The van der Waals surface area contributed by atoms with Crippen LogP contribution in [-0.2, 0) is 4.74 Å². The van der Waals surface area contributed by atoms with Crippen molar-refractivity contribution in [3.63, 3.8) is 0 Å². The molecule has 148 valence electrons. The second kappa shape index (κ2) is 8.41. The standard InChI is InChI=1S/C23H24N4O2/c1-16-6-7-20(14-17(16)2)24-23(28)19-5-3-4-18(15-19)21-8-9-22(26-25-21)27-10-12-29-13-11-27/h3-9,14-15H,10-13H2,1-2H3,(H,24,28). The Morgan fingerprint density at radius 2 is 1.79 bits per heavy atom. The first-order valence-electron chi connectivity index (χ1n) is 9.75. The third kappa shape index (κ3) is 4.43. The van der Waals surface area contributed by atoms with E-state index in [9.17, 15) is 4.79 Å². The number of benzene rings is 2. The van der Waals surface area contributed by atoms with Crippen molar-refractivity contribution in [2.24, 2.45) is 0 Å². The van der Waals surface area contributed by atoms with Crippen molar-refractivity contribution < 1.29 is 9.53 Å². The summed E-state index contributed by atoms with van der Waals surface area (Å²) in [6.07, 6.45) is 0. The van der Waals surface area contributed by atoms with E-state index in [-0.39, 0.29) is 5.91 Å². The maximum absolute atomic E-state index is 12.7. The Hall–Kier alpha value is -3.25. The molecule has 1 fully saturated rings. The fraction of sp³-hybridized carbons (Fsp3) is 0.261. The van der Waals surface area contributed by atoms with Crippen LogP contribution in [0.1, 0.15) is 21.5 Å². The van der Waals surface area contributed by atoms with E-state index in [2.05, 4.69) is 27.3 Å². The lowest BCUT2D eigenvalue weighted by molar-refractivity contribution is 0.102. The molecule has 2 aromatic carbocycles. The van der Waals surface area contributed by atoms with Crippen LogP contribution in [0.25, 0.3) is 11.3 Å². The number of hydrogen-bond acceptors (Lipinski definition) is 5. The molecule has 0 bridgehead atoms. The van der Waals surface area contributed by atoms with Crippen LogP contribution in [0.4, 0.5) is 11.5 Å². The number of morpholine rings is 1. The number of carbonyl (C=O) groups excluding carboxylic acids is 1. The summed E-state index contributed by atoms with van der Waals surface area (Å²) < 4.78 is 5.38. The zero-order chi connectivity index (χ0) is 20.2. The van der Waals surface area contributed by atoms with Crippen molar-refractivity contribution in [1.29, 1.82) is 0 Å². The molecule has 0 atom stereocenters. The van der Waals surface area contributed by atoms with Crippen LogP contribution in [0, 0.1) is 13.8 Å². The number of amides is 1. The molecular formula is C23H24N4O2. The van der Waals surface area contributed by atoms with Gasteiger partial charge >= 0.3 is 0 Å². The van der Waals surface area contributed by atoms with Crippen molar-refractivity contribution >= 4 is 17.4 Å². The van der Waals surface area contributed by atoms with Crippen LogP contribution in [0.15, 0.2) is 54.6 Å². The smallest absolute Gasteiger partial charge is 0.255 e. The molecule has 1 aliphatic heterocycles. The average molecular weight is 388 g/mol. The highest BCUT2D eigenvalue weighted by Crippen LogP contribution is 2.21. The molecule has 29 heavy (non-hydrogen) atoms. The van der Waals surface area contributed by atoms with Gasteiger partial charge in [-0.15, -0.1) is 10.2 Å². The Morgan fingerprint density at radius 1 is 0.966 bits per heavy atom. The van der Waals surface area contributed by atoms with Gasteiger partial charge in [-0.05, 0) is 61.4 Å². The number of carbonyl (C=O) groups is 1. The highest BCUT2D eigenvalue weighted by atomic mass is 16.5. The number of ether oxygens (including phenoxy) is 1. The second-order valence-corrected chi connectivity index (χ2v) is 7.21. The largest absolute Gasteiger partial charge is 0.378 e. The lowest BCUT2D eigenvalue weighted by Crippen LogP contribution is -2.36. The molecule has 1 aliphatic rings. The second-order valence-electron chi connectivity index (χ2n) is 7.21. The first-order chi connectivity index (χ1) is 14.1. The van der Waals surface area contributed by atoms with Gasteiger partial charge in [-0.2, -0.15) is 0 Å². The van der Waals surface area contributed by atoms with E-state index in [1.54, 1.807) is 6.07 Å². The monoisotopic (exact) mass is 388 g/mol. The van der Waals surface area contributed by atoms with Gasteiger partial charge in [-0.1, -0.05) is 18.2 Å². The van der Waals surface area contributed by atoms with Gasteiger partial charge in [0.1, 0.15) is 0 Å². The van der Waals surface area contributed by atoms with Crippen molar-refractivity contribution in [2.45, 2.75) is 13.8 Å². The minimum Gasteiger partial charge on any atom is -0.378 e. The molecule has 2 heterocycles. The van der Waals surface area contributed by atoms with Gasteiger partial charge in [0.25, 0.3) is 5.91 Å². The first kappa shape index (κ1) is 19.1. The summed E-state index contributed by atoms with van der Waals surface area (Å²) in [5.41, 5.74) is 5.32. The van der Waals surface area contributed by atoms with Crippen LogP contribution in [-0.4, -0.2) is 42.4 Å². The van der Waals surface area contributed by atoms with Crippen molar-refractivity contribution in [1.82, 2.24) is 10.2 Å². The van der Waals surface area contributed by atoms with Crippen LogP contribution in [0.3, 0.4) is 0 Å². The zero-order valence-electron chi connectivity index (χ0n) is 16.7. The summed E-state index contributed by atoms with van der Waals surface area (Å²) in [6.45, 7) is 7.15. The minimum atomic E-state index is -0.145. The average Bonchev–Trinajstić information content (AvgIpc) is 2.77. The molecule has 0 radical (unpaired) electrons. The maximum atomic E-state index is 12.7. The van der Waals surface area contributed by atoms with Crippen LogP contribution < -0.4 is 10.2 Å². The number of anilines is 2. The molecule has 1 saturated heterocycles. The highest BCUT2D eigenvalue weighted by Gasteiger charge is 2.14. The highest BCUT2D eigenvalue weighted by molar-refractivity contribution is 6.05. The van der Waals surface area contributed by atoms with Gasteiger partial charge in [0.2, 0.25) is 0 Å². The van der Waals surface area contributed by atoms with E-state index in [1.165, 1.54) is 5.56 Å².